The molecule has 0 radical (unpaired) electrons. The third kappa shape index (κ3) is 4.09. The monoisotopic (exact) mass is 486 g/mol. The second kappa shape index (κ2) is 10.6. The van der Waals surface area contributed by atoms with E-state index in [2.05, 4.69) is 31.2 Å². The first kappa shape index (κ1) is 24.8. The zero-order valence-electron chi connectivity index (χ0n) is 21.7. The summed E-state index contributed by atoms with van der Waals surface area (Å²) >= 11 is 0. The molecule has 3 atom stereocenters. The molecule has 3 aromatic carbocycles. The van der Waals surface area contributed by atoms with Crippen LogP contribution in [0.1, 0.15) is 82.3 Å². The van der Waals surface area contributed by atoms with Crippen molar-refractivity contribution in [2.75, 3.05) is 7.11 Å². The smallest absolute Gasteiger partial charge is 0.318 e. The number of hydrogen-bond acceptors (Lipinski definition) is 4. The molecule has 3 aromatic rings. The molecule has 36 heavy (non-hydrogen) atoms. The van der Waals surface area contributed by atoms with Crippen LogP contribution in [0.4, 0.5) is 0 Å². The lowest BCUT2D eigenvalue weighted by Crippen LogP contribution is -2.48. The number of hydrogen-bond donors (Lipinski definition) is 0. The Balaban J connectivity index is 1.41. The van der Waals surface area contributed by atoms with Crippen LogP contribution in [0.5, 0.6) is 0 Å². The Kier molecular flexibility index (Phi) is 7.32. The molecule has 0 aromatic heterocycles. The van der Waals surface area contributed by atoms with Gasteiger partial charge in [0.2, 0.25) is 0 Å². The van der Waals surface area contributed by atoms with Crippen LogP contribution in [0.2, 0.25) is 0 Å². The predicted molar refractivity (Wildman–Crippen MR) is 144 cm³/mol. The van der Waals surface area contributed by atoms with E-state index in [0.29, 0.717) is 12.8 Å². The Labute approximate surface area is 214 Å². The van der Waals surface area contributed by atoms with Gasteiger partial charge in [0.15, 0.2) is 0 Å². The van der Waals surface area contributed by atoms with Gasteiger partial charge in [0, 0.05) is 0 Å². The fourth-order valence-electron chi connectivity index (χ4n) is 6.81. The first-order valence-corrected chi connectivity index (χ1v) is 13.8. The van der Waals surface area contributed by atoms with Crippen molar-refractivity contribution in [2.24, 2.45) is 5.92 Å². The molecule has 190 valence electrons. The number of cyclic esters (lactones) is 1. The quantitative estimate of drug-likeness (QED) is 0.161. The molecule has 0 N–H and O–H groups in total. The lowest BCUT2D eigenvalue weighted by atomic mass is 9.59. The van der Waals surface area contributed by atoms with E-state index in [-0.39, 0.29) is 11.9 Å². The summed E-state index contributed by atoms with van der Waals surface area (Å²) in [6.07, 6.45) is 11.8. The molecule has 3 aliphatic rings. The maximum atomic E-state index is 13.8. The maximum absolute atomic E-state index is 13.8. The van der Waals surface area contributed by atoms with E-state index in [1.807, 2.05) is 24.3 Å². The Morgan fingerprint density at radius 3 is 1.94 bits per heavy atom. The Hall–Kier alpha value is -2.88. The Morgan fingerprint density at radius 1 is 0.861 bits per heavy atom. The van der Waals surface area contributed by atoms with Crippen LogP contribution in [0.15, 0.2) is 48.5 Å². The molecule has 2 aliphatic carbocycles. The van der Waals surface area contributed by atoms with Crippen molar-refractivity contribution in [1.29, 1.82) is 0 Å². The Morgan fingerprint density at radius 2 is 1.39 bits per heavy atom. The second-order valence-corrected chi connectivity index (χ2v) is 10.7. The minimum Gasteiger partial charge on any atom is -0.469 e. The highest BCUT2D eigenvalue weighted by atomic mass is 16.6. The van der Waals surface area contributed by atoms with E-state index in [4.69, 9.17) is 9.47 Å². The standard InChI is InChI=1S/C32H38O4/c1-3-4-5-6-7-8-9-10-11-20-27-29(30(33)35-2)32(31(34)36-27)21-26-22-16-12-14-18-24(22)28(32)25-19-15-13-17-23(25)26/h12-19,27,29H,3-11,20-21H2,1-2H3/t27-,29-,32+/m1/s1. The lowest BCUT2D eigenvalue weighted by molar-refractivity contribution is -0.149. The van der Waals surface area contributed by atoms with Gasteiger partial charge >= 0.3 is 11.9 Å². The number of ether oxygens (including phenoxy) is 2. The van der Waals surface area contributed by atoms with Crippen LogP contribution in [-0.2, 0) is 30.9 Å². The molecule has 1 fully saturated rings. The molecule has 0 amide bonds. The number of methoxy groups -OCH3 is 1. The molecule has 4 nitrogen and oxygen atoms in total. The van der Waals surface area contributed by atoms with Gasteiger partial charge in [0.05, 0.1) is 7.11 Å². The van der Waals surface area contributed by atoms with E-state index in [1.54, 1.807) is 0 Å². The van der Waals surface area contributed by atoms with Crippen molar-refractivity contribution >= 4 is 33.5 Å². The first-order valence-electron chi connectivity index (χ1n) is 13.8. The number of esters is 2. The summed E-state index contributed by atoms with van der Waals surface area (Å²) in [7, 11) is 1.43. The number of carbonyl (C=O) groups is 2. The van der Waals surface area contributed by atoms with Gasteiger partial charge in [-0.05, 0) is 51.9 Å². The average molecular weight is 487 g/mol. The largest absolute Gasteiger partial charge is 0.469 e. The van der Waals surface area contributed by atoms with Crippen molar-refractivity contribution in [3.63, 3.8) is 0 Å². The molecule has 1 heterocycles. The average Bonchev–Trinajstić information content (AvgIpc) is 3.17. The van der Waals surface area contributed by atoms with Crippen molar-refractivity contribution in [3.05, 3.63) is 59.7 Å². The fraction of sp³-hybridized carbons (Fsp3) is 0.500. The van der Waals surface area contributed by atoms with E-state index in [0.717, 1.165) is 45.5 Å². The third-order valence-corrected chi connectivity index (χ3v) is 8.52. The molecule has 2 bridgehead atoms. The summed E-state index contributed by atoms with van der Waals surface area (Å²) in [6.45, 7) is 2.24. The number of rotatable bonds is 11. The van der Waals surface area contributed by atoms with Crippen LogP contribution in [-0.4, -0.2) is 25.2 Å². The van der Waals surface area contributed by atoms with Gasteiger partial charge in [-0.3, -0.25) is 9.59 Å². The van der Waals surface area contributed by atoms with Crippen molar-refractivity contribution < 1.29 is 19.1 Å². The van der Waals surface area contributed by atoms with Crippen LogP contribution >= 0.6 is 0 Å². The highest BCUT2D eigenvalue weighted by molar-refractivity contribution is 6.14. The van der Waals surface area contributed by atoms with Crippen LogP contribution in [0.25, 0.3) is 21.5 Å². The van der Waals surface area contributed by atoms with Gasteiger partial charge in [0.25, 0.3) is 0 Å². The SMILES string of the molecule is CCCCCCCCCCC[C@H]1OC(=O)[C@]2(Cc3c4ccccc4c2c2ccccc32)[C@H]1C(=O)OC. The van der Waals surface area contributed by atoms with Crippen LogP contribution < -0.4 is 0 Å². The van der Waals surface area contributed by atoms with Gasteiger partial charge < -0.3 is 9.47 Å². The molecular weight excluding hydrogens is 448 g/mol. The van der Waals surface area contributed by atoms with Crippen LogP contribution in [0.3, 0.4) is 0 Å². The molecule has 6 rings (SSSR count). The normalized spacial score (nSPS) is 22.6. The van der Waals surface area contributed by atoms with Crippen molar-refractivity contribution in [2.45, 2.75) is 89.1 Å². The minimum atomic E-state index is -1.02. The topological polar surface area (TPSA) is 52.6 Å². The minimum absolute atomic E-state index is 0.268. The van der Waals surface area contributed by atoms with Crippen LogP contribution in [0, 0.1) is 5.92 Å². The zero-order chi connectivity index (χ0) is 25.1. The third-order valence-electron chi connectivity index (χ3n) is 8.52. The van der Waals surface area contributed by atoms with Crippen molar-refractivity contribution in [3.8, 4) is 0 Å². The van der Waals surface area contributed by atoms with E-state index >= 15 is 0 Å². The summed E-state index contributed by atoms with van der Waals surface area (Å²) < 4.78 is 11.4. The summed E-state index contributed by atoms with van der Waals surface area (Å²) in [5, 5.41) is 4.42. The summed E-state index contributed by atoms with van der Waals surface area (Å²) in [5.74, 6) is -1.23. The van der Waals surface area contributed by atoms with Gasteiger partial charge in [-0.2, -0.15) is 0 Å². The Bertz CT molecular complexity index is 1200. The molecule has 1 spiro atoms. The summed E-state index contributed by atoms with van der Waals surface area (Å²) in [5.41, 5.74) is 1.05. The number of benzene rings is 3. The highest BCUT2D eigenvalue weighted by Crippen LogP contribution is 2.56. The second-order valence-electron chi connectivity index (χ2n) is 10.7. The van der Waals surface area contributed by atoms with E-state index in [9.17, 15) is 9.59 Å². The van der Waals surface area contributed by atoms with E-state index < -0.39 is 17.4 Å². The summed E-state index contributed by atoms with van der Waals surface area (Å²) in [6, 6.07) is 16.5. The number of unbranched alkanes of at least 4 members (excludes halogenated alkanes) is 8. The first-order chi connectivity index (χ1) is 17.6. The zero-order valence-corrected chi connectivity index (χ0v) is 21.7. The fourth-order valence-corrected chi connectivity index (χ4v) is 6.81. The van der Waals surface area contributed by atoms with E-state index in [1.165, 1.54) is 52.1 Å². The van der Waals surface area contributed by atoms with Gasteiger partial charge in [0.1, 0.15) is 17.4 Å². The molecule has 4 heteroatoms. The summed E-state index contributed by atoms with van der Waals surface area (Å²) in [4.78, 5) is 27.1. The molecule has 0 saturated carbocycles. The highest BCUT2D eigenvalue weighted by Gasteiger charge is 2.64. The maximum Gasteiger partial charge on any atom is 0.318 e. The van der Waals surface area contributed by atoms with Gasteiger partial charge in [-0.1, -0.05) is 107 Å². The molecule has 1 saturated heterocycles. The van der Waals surface area contributed by atoms with Crippen molar-refractivity contribution in [1.82, 2.24) is 0 Å². The predicted octanol–water partition coefficient (Wildman–Crippen LogP) is 7.42. The van der Waals surface area contributed by atoms with Gasteiger partial charge in [-0.15, -0.1) is 0 Å². The molecule has 1 aliphatic heterocycles. The van der Waals surface area contributed by atoms with Gasteiger partial charge in [-0.25, -0.2) is 0 Å². The number of carbonyl (C=O) groups excluding carboxylic acids is 2. The molecular formula is C32H38O4. The molecule has 0 unspecified atom stereocenters. The lowest BCUT2D eigenvalue weighted by Gasteiger charge is -2.39.